The van der Waals surface area contributed by atoms with Gasteiger partial charge in [0.1, 0.15) is 11.5 Å². The largest absolute Gasteiger partial charge is 0.507 e. The van der Waals surface area contributed by atoms with Crippen LogP contribution in [0.4, 0.5) is 0 Å². The van der Waals surface area contributed by atoms with Crippen LogP contribution >= 0.6 is 0 Å². The quantitative estimate of drug-likeness (QED) is 0.714. The minimum Gasteiger partial charge on any atom is -0.507 e. The van der Waals surface area contributed by atoms with Gasteiger partial charge in [0.25, 0.3) is 0 Å². The van der Waals surface area contributed by atoms with Gasteiger partial charge in [0.2, 0.25) is 0 Å². The fourth-order valence-corrected chi connectivity index (χ4v) is 2.24. The number of aromatic nitrogens is 1. The summed E-state index contributed by atoms with van der Waals surface area (Å²) in [7, 11) is 1.41. The molecule has 1 aromatic carbocycles. The smallest absolute Gasteiger partial charge is 0.199 e. The number of fused-ring (bicyclic) bond motifs is 2. The zero-order valence-corrected chi connectivity index (χ0v) is 10.0. The molecule has 94 valence electrons. The predicted octanol–water partition coefficient (Wildman–Crippen LogP) is 1.57. The van der Waals surface area contributed by atoms with Gasteiger partial charge in [-0.25, -0.2) is 0 Å². The Labute approximate surface area is 108 Å². The van der Waals surface area contributed by atoms with E-state index in [4.69, 9.17) is 4.74 Å². The summed E-state index contributed by atoms with van der Waals surface area (Å²) in [4.78, 5) is 28.6. The standard InChI is InChI=1S/C14H9NO4/c1-19-10-3-2-9(16)11-12(10)14(18)8-6-15-5-4-7(8)13(11)17/h2-6,16H,1H3. The zero-order valence-electron chi connectivity index (χ0n) is 10.0. The van der Waals surface area contributed by atoms with Crippen LogP contribution < -0.4 is 4.74 Å². The van der Waals surface area contributed by atoms with Gasteiger partial charge in [-0.15, -0.1) is 0 Å². The van der Waals surface area contributed by atoms with E-state index in [0.717, 1.165) is 0 Å². The molecule has 1 aliphatic rings. The van der Waals surface area contributed by atoms with Crippen molar-refractivity contribution < 1.29 is 19.4 Å². The normalized spacial score (nSPS) is 12.9. The number of nitrogens with zero attached hydrogens (tertiary/aromatic N) is 1. The Balaban J connectivity index is 2.38. The average molecular weight is 255 g/mol. The van der Waals surface area contributed by atoms with Gasteiger partial charge in [-0.05, 0) is 18.2 Å². The Kier molecular flexibility index (Phi) is 2.35. The second kappa shape index (κ2) is 3.91. The van der Waals surface area contributed by atoms with Crippen molar-refractivity contribution in [2.75, 3.05) is 7.11 Å². The predicted molar refractivity (Wildman–Crippen MR) is 65.8 cm³/mol. The van der Waals surface area contributed by atoms with Crippen LogP contribution in [-0.2, 0) is 0 Å². The first kappa shape index (κ1) is 11.4. The number of methoxy groups -OCH3 is 1. The van der Waals surface area contributed by atoms with Crippen molar-refractivity contribution in [3.05, 3.63) is 52.8 Å². The average Bonchev–Trinajstić information content (AvgIpc) is 2.44. The second-order valence-electron chi connectivity index (χ2n) is 4.12. The van der Waals surface area contributed by atoms with Crippen LogP contribution in [0.1, 0.15) is 31.8 Å². The van der Waals surface area contributed by atoms with Crippen LogP contribution in [0.15, 0.2) is 30.6 Å². The third-order valence-electron chi connectivity index (χ3n) is 3.13. The van der Waals surface area contributed by atoms with Crippen LogP contribution in [0, 0.1) is 0 Å². The number of aromatic hydroxyl groups is 1. The fourth-order valence-electron chi connectivity index (χ4n) is 2.24. The maximum Gasteiger partial charge on any atom is 0.199 e. The van der Waals surface area contributed by atoms with Gasteiger partial charge in [-0.2, -0.15) is 0 Å². The van der Waals surface area contributed by atoms with Gasteiger partial charge in [0.15, 0.2) is 11.6 Å². The van der Waals surface area contributed by atoms with Gasteiger partial charge in [-0.3, -0.25) is 14.6 Å². The third-order valence-corrected chi connectivity index (χ3v) is 3.13. The highest BCUT2D eigenvalue weighted by Gasteiger charge is 2.34. The highest BCUT2D eigenvalue weighted by molar-refractivity contribution is 6.30. The van der Waals surface area contributed by atoms with E-state index < -0.39 is 5.78 Å². The topological polar surface area (TPSA) is 76.5 Å². The molecule has 1 N–H and O–H groups in total. The summed E-state index contributed by atoms with van der Waals surface area (Å²) in [6.07, 6.45) is 2.79. The molecule has 19 heavy (non-hydrogen) atoms. The van der Waals surface area contributed by atoms with Crippen LogP contribution in [0.25, 0.3) is 0 Å². The Bertz CT molecular complexity index is 721. The summed E-state index contributed by atoms with van der Waals surface area (Å²) in [5.41, 5.74) is 0.552. The number of carbonyl (C=O) groups is 2. The lowest BCUT2D eigenvalue weighted by molar-refractivity contribution is 0.0973. The summed E-state index contributed by atoms with van der Waals surface area (Å²) >= 11 is 0. The van der Waals surface area contributed by atoms with E-state index in [1.54, 1.807) is 0 Å². The van der Waals surface area contributed by atoms with Crippen molar-refractivity contribution >= 4 is 11.6 Å². The molecule has 2 aromatic rings. The number of rotatable bonds is 1. The van der Waals surface area contributed by atoms with Gasteiger partial charge in [0, 0.05) is 18.0 Å². The Morgan fingerprint density at radius 1 is 1.05 bits per heavy atom. The lowest BCUT2D eigenvalue weighted by Crippen LogP contribution is -2.22. The van der Waals surface area contributed by atoms with E-state index in [9.17, 15) is 14.7 Å². The minimum atomic E-state index is -0.400. The van der Waals surface area contributed by atoms with Gasteiger partial charge >= 0.3 is 0 Å². The van der Waals surface area contributed by atoms with E-state index in [0.29, 0.717) is 0 Å². The fraction of sp³-hybridized carbons (Fsp3) is 0.0714. The number of phenolic OH excluding ortho intramolecular Hbond substituents is 1. The first-order chi connectivity index (χ1) is 9.15. The molecular weight excluding hydrogens is 246 g/mol. The molecule has 0 radical (unpaired) electrons. The summed E-state index contributed by atoms with van der Waals surface area (Å²) in [6.45, 7) is 0. The van der Waals surface area contributed by atoms with Crippen molar-refractivity contribution in [2.24, 2.45) is 0 Å². The number of hydrogen-bond acceptors (Lipinski definition) is 5. The molecule has 5 heteroatoms. The molecular formula is C14H9NO4. The summed E-state index contributed by atoms with van der Waals surface area (Å²) in [5, 5.41) is 9.85. The number of ether oxygens (including phenoxy) is 1. The number of benzene rings is 1. The van der Waals surface area contributed by atoms with E-state index in [-0.39, 0.29) is 39.5 Å². The van der Waals surface area contributed by atoms with Crippen molar-refractivity contribution in [1.82, 2.24) is 4.98 Å². The Morgan fingerprint density at radius 3 is 2.53 bits per heavy atom. The number of pyridine rings is 1. The van der Waals surface area contributed by atoms with Crippen molar-refractivity contribution in [3.8, 4) is 11.5 Å². The molecule has 0 spiro atoms. The Hall–Kier alpha value is -2.69. The molecule has 0 bridgehead atoms. The Morgan fingerprint density at radius 2 is 1.79 bits per heavy atom. The molecule has 1 heterocycles. The first-order valence-electron chi connectivity index (χ1n) is 5.58. The van der Waals surface area contributed by atoms with Crippen LogP contribution in [0.5, 0.6) is 11.5 Å². The number of hydrogen-bond donors (Lipinski definition) is 1. The van der Waals surface area contributed by atoms with Crippen molar-refractivity contribution in [2.45, 2.75) is 0 Å². The van der Waals surface area contributed by atoms with Crippen LogP contribution in [-0.4, -0.2) is 28.8 Å². The van der Waals surface area contributed by atoms with Gasteiger partial charge < -0.3 is 9.84 Å². The van der Waals surface area contributed by atoms with Crippen molar-refractivity contribution in [1.29, 1.82) is 0 Å². The summed E-state index contributed by atoms with van der Waals surface area (Å²) < 4.78 is 5.10. The molecule has 0 saturated heterocycles. The molecule has 5 nitrogen and oxygen atoms in total. The highest BCUT2D eigenvalue weighted by atomic mass is 16.5. The molecule has 0 amide bonds. The monoisotopic (exact) mass is 255 g/mol. The highest BCUT2D eigenvalue weighted by Crippen LogP contribution is 2.37. The summed E-state index contributed by atoms with van der Waals surface area (Å²) in [6, 6.07) is 4.27. The minimum absolute atomic E-state index is 0.0111. The molecule has 0 saturated carbocycles. The molecule has 0 fully saturated rings. The van der Waals surface area contributed by atoms with E-state index in [2.05, 4.69) is 4.98 Å². The molecule has 0 unspecified atom stereocenters. The summed E-state index contributed by atoms with van der Waals surface area (Å²) in [5.74, 6) is -0.730. The molecule has 0 atom stereocenters. The van der Waals surface area contributed by atoms with E-state index >= 15 is 0 Å². The van der Waals surface area contributed by atoms with Gasteiger partial charge in [0.05, 0.1) is 23.8 Å². The van der Waals surface area contributed by atoms with Crippen LogP contribution in [0.2, 0.25) is 0 Å². The molecule has 3 rings (SSSR count). The zero-order chi connectivity index (χ0) is 13.6. The van der Waals surface area contributed by atoms with Gasteiger partial charge in [-0.1, -0.05) is 0 Å². The first-order valence-corrected chi connectivity index (χ1v) is 5.58. The van der Waals surface area contributed by atoms with Crippen LogP contribution in [0.3, 0.4) is 0 Å². The van der Waals surface area contributed by atoms with E-state index in [1.165, 1.54) is 37.7 Å². The maximum atomic E-state index is 12.4. The van der Waals surface area contributed by atoms with Crippen molar-refractivity contribution in [3.63, 3.8) is 0 Å². The number of ketones is 2. The molecule has 1 aromatic heterocycles. The lowest BCUT2D eigenvalue weighted by atomic mass is 9.84. The lowest BCUT2D eigenvalue weighted by Gasteiger charge is -2.19. The number of carbonyl (C=O) groups excluding carboxylic acids is 2. The number of phenols is 1. The molecule has 0 aliphatic heterocycles. The molecule has 1 aliphatic carbocycles. The SMILES string of the molecule is COc1ccc(O)c2c1C(=O)c1cnccc1C2=O. The van der Waals surface area contributed by atoms with E-state index in [1.807, 2.05) is 0 Å². The second-order valence-corrected chi connectivity index (χ2v) is 4.12. The third kappa shape index (κ3) is 1.45. The maximum absolute atomic E-state index is 12.4.